The molecular weight excluding hydrogens is 198 g/mol. The lowest BCUT2D eigenvalue weighted by Crippen LogP contribution is -2.25. The van der Waals surface area contributed by atoms with Crippen molar-refractivity contribution in [1.29, 1.82) is 0 Å². The third-order valence-electron chi connectivity index (χ3n) is 2.23. The Kier molecular flexibility index (Phi) is 2.67. The Bertz CT molecular complexity index is 332. The Balaban J connectivity index is 2.27. The lowest BCUT2D eigenvalue weighted by atomic mass is 10.2. The van der Waals surface area contributed by atoms with Gasteiger partial charge in [-0.05, 0) is 25.5 Å². The fourth-order valence-electron chi connectivity index (χ4n) is 1.54. The van der Waals surface area contributed by atoms with E-state index in [0.29, 0.717) is 6.54 Å². The SMILES string of the molecule is Cc1ccccc1N1C[C@@H](C)O[S+]1[O-]. The third kappa shape index (κ3) is 1.73. The molecule has 1 unspecified atom stereocenters. The summed E-state index contributed by atoms with van der Waals surface area (Å²) in [4.78, 5) is 0. The van der Waals surface area contributed by atoms with Crippen LogP contribution in [-0.2, 0) is 15.8 Å². The first kappa shape index (κ1) is 9.83. The highest BCUT2D eigenvalue weighted by atomic mass is 32.2. The molecule has 1 fully saturated rings. The molecule has 4 heteroatoms. The number of aryl methyl sites for hydroxylation is 1. The number of hydrogen-bond acceptors (Lipinski definition) is 3. The zero-order valence-electron chi connectivity index (χ0n) is 8.27. The van der Waals surface area contributed by atoms with Gasteiger partial charge in [0.15, 0.2) is 0 Å². The van der Waals surface area contributed by atoms with Crippen molar-refractivity contribution in [3.8, 4) is 0 Å². The quantitative estimate of drug-likeness (QED) is 0.664. The smallest absolute Gasteiger partial charge is 0.246 e. The van der Waals surface area contributed by atoms with Gasteiger partial charge in [-0.25, -0.2) is 0 Å². The average molecular weight is 211 g/mol. The molecule has 2 rings (SSSR count). The molecule has 0 saturated carbocycles. The number of anilines is 1. The minimum absolute atomic E-state index is 0.0374. The maximum absolute atomic E-state index is 11.6. The molecule has 0 bridgehead atoms. The zero-order chi connectivity index (χ0) is 10.1. The molecule has 1 aromatic carbocycles. The van der Waals surface area contributed by atoms with Crippen LogP contribution in [0.2, 0.25) is 0 Å². The molecule has 0 N–H and O–H groups in total. The van der Waals surface area contributed by atoms with Gasteiger partial charge in [0.2, 0.25) is 11.6 Å². The van der Waals surface area contributed by atoms with E-state index in [1.807, 2.05) is 38.1 Å². The van der Waals surface area contributed by atoms with Crippen molar-refractivity contribution in [2.75, 3.05) is 10.8 Å². The maximum atomic E-state index is 11.6. The van der Waals surface area contributed by atoms with Gasteiger partial charge >= 0.3 is 0 Å². The van der Waals surface area contributed by atoms with E-state index in [2.05, 4.69) is 0 Å². The van der Waals surface area contributed by atoms with Crippen LogP contribution in [0.15, 0.2) is 24.3 Å². The zero-order valence-corrected chi connectivity index (χ0v) is 9.08. The van der Waals surface area contributed by atoms with Crippen molar-refractivity contribution in [3.63, 3.8) is 0 Å². The molecule has 1 saturated heterocycles. The lowest BCUT2D eigenvalue weighted by molar-refractivity contribution is 0.269. The first-order valence-electron chi connectivity index (χ1n) is 4.60. The Morgan fingerprint density at radius 1 is 1.50 bits per heavy atom. The summed E-state index contributed by atoms with van der Waals surface area (Å²) in [5.74, 6) is 0. The van der Waals surface area contributed by atoms with Gasteiger partial charge < -0.3 is 4.55 Å². The van der Waals surface area contributed by atoms with Gasteiger partial charge in [-0.3, -0.25) is 0 Å². The molecule has 1 aliphatic heterocycles. The molecule has 2 atom stereocenters. The van der Waals surface area contributed by atoms with E-state index in [4.69, 9.17) is 4.18 Å². The molecule has 0 aromatic heterocycles. The van der Waals surface area contributed by atoms with E-state index in [0.717, 1.165) is 11.3 Å². The van der Waals surface area contributed by atoms with E-state index < -0.39 is 11.6 Å². The monoisotopic (exact) mass is 211 g/mol. The number of nitrogens with zero attached hydrogens (tertiary/aromatic N) is 1. The average Bonchev–Trinajstić information content (AvgIpc) is 2.46. The van der Waals surface area contributed by atoms with Gasteiger partial charge in [-0.2, -0.15) is 4.31 Å². The molecule has 0 amide bonds. The van der Waals surface area contributed by atoms with Crippen molar-refractivity contribution in [2.24, 2.45) is 0 Å². The van der Waals surface area contributed by atoms with Crippen LogP contribution >= 0.6 is 0 Å². The van der Waals surface area contributed by atoms with Crippen molar-refractivity contribution in [1.82, 2.24) is 0 Å². The van der Waals surface area contributed by atoms with Crippen molar-refractivity contribution in [3.05, 3.63) is 29.8 Å². The van der Waals surface area contributed by atoms with Crippen molar-refractivity contribution >= 4 is 17.3 Å². The van der Waals surface area contributed by atoms with E-state index in [-0.39, 0.29) is 6.10 Å². The van der Waals surface area contributed by atoms with E-state index in [9.17, 15) is 4.55 Å². The molecule has 0 spiro atoms. The summed E-state index contributed by atoms with van der Waals surface area (Å²) in [5, 5.41) is 0. The van der Waals surface area contributed by atoms with Crippen LogP contribution in [-0.4, -0.2) is 17.2 Å². The molecule has 0 radical (unpaired) electrons. The predicted molar refractivity (Wildman–Crippen MR) is 57.2 cm³/mol. The van der Waals surface area contributed by atoms with Gasteiger partial charge in [0.1, 0.15) is 6.10 Å². The van der Waals surface area contributed by atoms with Gasteiger partial charge in [-0.1, -0.05) is 18.2 Å². The second-order valence-corrected chi connectivity index (χ2v) is 4.54. The van der Waals surface area contributed by atoms with E-state index >= 15 is 0 Å². The summed E-state index contributed by atoms with van der Waals surface area (Å²) >= 11 is -1.32. The predicted octanol–water partition coefficient (Wildman–Crippen LogP) is 1.80. The fourth-order valence-corrected chi connectivity index (χ4v) is 2.68. The first-order chi connectivity index (χ1) is 6.68. The van der Waals surface area contributed by atoms with Crippen LogP contribution in [0.25, 0.3) is 0 Å². The van der Waals surface area contributed by atoms with Gasteiger partial charge in [-0.15, -0.1) is 4.18 Å². The van der Waals surface area contributed by atoms with Crippen molar-refractivity contribution in [2.45, 2.75) is 20.0 Å². The molecular formula is C10H13NO2S. The Hall–Kier alpha value is -0.710. The van der Waals surface area contributed by atoms with Crippen LogP contribution < -0.4 is 4.31 Å². The standard InChI is InChI=1S/C10H13NO2S/c1-8-5-3-4-6-10(8)11-7-9(2)13-14(11)12/h3-6,9H,7H2,1-2H3/t9-,14?/m1/s1. The molecule has 3 nitrogen and oxygen atoms in total. The third-order valence-corrected chi connectivity index (χ3v) is 3.43. The maximum Gasteiger partial charge on any atom is 0.246 e. The van der Waals surface area contributed by atoms with Crippen LogP contribution in [0.3, 0.4) is 0 Å². The molecule has 14 heavy (non-hydrogen) atoms. The summed E-state index contributed by atoms with van der Waals surface area (Å²) in [7, 11) is 0. The van der Waals surface area contributed by atoms with Gasteiger partial charge in [0.25, 0.3) is 0 Å². The summed E-state index contributed by atoms with van der Waals surface area (Å²) in [6.45, 7) is 4.63. The Morgan fingerprint density at radius 2 is 2.21 bits per heavy atom. The van der Waals surface area contributed by atoms with Crippen LogP contribution in [0, 0.1) is 6.92 Å². The van der Waals surface area contributed by atoms with E-state index in [1.165, 1.54) is 0 Å². The van der Waals surface area contributed by atoms with Crippen LogP contribution in [0.4, 0.5) is 5.69 Å². The van der Waals surface area contributed by atoms with Crippen LogP contribution in [0.5, 0.6) is 0 Å². The summed E-state index contributed by atoms with van der Waals surface area (Å²) in [6, 6.07) is 7.90. The Labute approximate surface area is 87.2 Å². The summed E-state index contributed by atoms with van der Waals surface area (Å²) in [6.07, 6.45) is 0.0374. The Morgan fingerprint density at radius 3 is 2.79 bits per heavy atom. The number of hydrogen-bond donors (Lipinski definition) is 0. The highest BCUT2D eigenvalue weighted by Gasteiger charge is 2.35. The minimum atomic E-state index is -1.32. The highest BCUT2D eigenvalue weighted by molar-refractivity contribution is 7.88. The number of benzene rings is 1. The number of para-hydroxylation sites is 1. The van der Waals surface area contributed by atoms with Crippen molar-refractivity contribution < 1.29 is 8.74 Å². The molecule has 1 aliphatic rings. The highest BCUT2D eigenvalue weighted by Crippen LogP contribution is 2.28. The fraction of sp³-hybridized carbons (Fsp3) is 0.400. The minimum Gasteiger partial charge on any atom is -0.560 e. The molecule has 1 aromatic rings. The summed E-state index contributed by atoms with van der Waals surface area (Å²) < 4.78 is 18.5. The van der Waals surface area contributed by atoms with Gasteiger partial charge in [0, 0.05) is 0 Å². The molecule has 76 valence electrons. The second-order valence-electron chi connectivity index (χ2n) is 3.47. The second kappa shape index (κ2) is 3.81. The van der Waals surface area contributed by atoms with Crippen LogP contribution in [0.1, 0.15) is 12.5 Å². The first-order valence-corrected chi connectivity index (χ1v) is 5.64. The lowest BCUT2D eigenvalue weighted by Gasteiger charge is -2.16. The molecule has 1 heterocycles. The summed E-state index contributed by atoms with van der Waals surface area (Å²) in [5.41, 5.74) is 2.12. The largest absolute Gasteiger partial charge is 0.560 e. The normalized spacial score (nSPS) is 26.9. The topological polar surface area (TPSA) is 35.5 Å². The number of rotatable bonds is 1. The molecule has 0 aliphatic carbocycles. The van der Waals surface area contributed by atoms with Gasteiger partial charge in [0.05, 0.1) is 12.2 Å². The van der Waals surface area contributed by atoms with E-state index in [1.54, 1.807) is 4.31 Å².